The molecule has 4 heteroatoms. The second-order valence-corrected chi connectivity index (χ2v) is 15.9. The molecule has 246 valence electrons. The molecule has 0 amide bonds. The number of nitrogens with zero attached hydrogens (tertiary/aromatic N) is 3. The van der Waals surface area contributed by atoms with Crippen LogP contribution in [0.4, 0.5) is 0 Å². The fourth-order valence-electron chi connectivity index (χ4n) is 8.24. The average Bonchev–Trinajstić information content (AvgIpc) is 3.78. The van der Waals surface area contributed by atoms with Gasteiger partial charge in [0.05, 0.1) is 0 Å². The third-order valence-electron chi connectivity index (χ3n) is 10.8. The molecule has 1 aliphatic carbocycles. The molecule has 0 fully saturated rings. The molecular weight excluding hydrogens is 698 g/mol. The maximum absolute atomic E-state index is 5.09. The van der Waals surface area contributed by atoms with Crippen molar-refractivity contribution in [2.75, 3.05) is 0 Å². The summed E-state index contributed by atoms with van der Waals surface area (Å²) >= 11 is 0.185. The molecule has 10 rings (SSSR count). The van der Waals surface area contributed by atoms with Crippen LogP contribution in [0.15, 0.2) is 152 Å². The van der Waals surface area contributed by atoms with E-state index in [0.717, 1.165) is 51.2 Å². The molecule has 3 nitrogen and oxygen atoms in total. The number of hydrogen-bond acceptors (Lipinski definition) is 3. The van der Waals surface area contributed by atoms with Crippen molar-refractivity contribution in [1.82, 2.24) is 15.4 Å². The van der Waals surface area contributed by atoms with Crippen LogP contribution in [0.3, 0.4) is 0 Å². The Bertz CT molecular complexity index is 2840. The van der Waals surface area contributed by atoms with Crippen LogP contribution < -0.4 is 0 Å². The van der Waals surface area contributed by atoms with Crippen LogP contribution in [0.2, 0.25) is 0 Å². The van der Waals surface area contributed by atoms with Crippen molar-refractivity contribution in [3.05, 3.63) is 174 Å². The second-order valence-electron chi connectivity index (χ2n) is 13.6. The molecule has 0 bridgehead atoms. The summed E-state index contributed by atoms with van der Waals surface area (Å²) in [5.74, 6) is 0. The minimum absolute atomic E-state index is 0.185. The maximum atomic E-state index is 5.09. The molecule has 2 heterocycles. The molecule has 9 aromatic rings. The van der Waals surface area contributed by atoms with E-state index in [-0.39, 0.29) is 14.5 Å². The Balaban J connectivity index is 1.36. The molecule has 0 unspecified atom stereocenters. The van der Waals surface area contributed by atoms with Crippen molar-refractivity contribution in [3.8, 4) is 67.0 Å². The van der Waals surface area contributed by atoms with Crippen LogP contribution in [-0.4, -0.2) is 29.9 Å². The Hall–Kier alpha value is -5.93. The fraction of sp³-hybridized carbons (Fsp3) is 0.0625. The van der Waals surface area contributed by atoms with Gasteiger partial charge in [0.15, 0.2) is 0 Å². The minimum atomic E-state index is 0.185. The van der Waals surface area contributed by atoms with Crippen LogP contribution in [-0.2, 0) is 6.42 Å². The summed E-state index contributed by atoms with van der Waals surface area (Å²) in [6.45, 7) is 4.49. The normalized spacial score (nSPS) is 12.0. The summed E-state index contributed by atoms with van der Waals surface area (Å²) in [6.07, 6.45) is 0.906. The fourth-order valence-corrected chi connectivity index (χ4v) is 10.6. The zero-order valence-corrected chi connectivity index (χ0v) is 30.6. The van der Waals surface area contributed by atoms with Gasteiger partial charge in [-0.3, -0.25) is 0 Å². The monoisotopic (exact) mass is 731 g/mol. The molecule has 0 saturated carbocycles. The van der Waals surface area contributed by atoms with Crippen LogP contribution in [0.5, 0.6) is 0 Å². The molecule has 0 saturated heterocycles. The number of fused-ring (bicyclic) bond motifs is 6. The van der Waals surface area contributed by atoms with Crippen molar-refractivity contribution >= 4 is 33.8 Å². The number of aryl methyl sites for hydroxylation is 1. The van der Waals surface area contributed by atoms with Crippen molar-refractivity contribution < 1.29 is 0 Å². The first-order valence-corrected chi connectivity index (χ1v) is 19.5. The second kappa shape index (κ2) is 12.4. The van der Waals surface area contributed by atoms with Gasteiger partial charge in [0.1, 0.15) is 0 Å². The average molecular weight is 731 g/mol. The van der Waals surface area contributed by atoms with Gasteiger partial charge in [-0.25, -0.2) is 0 Å². The molecule has 1 aliphatic rings. The number of aromatic nitrogens is 3. The Morgan fingerprint density at radius 2 is 1.13 bits per heavy atom. The van der Waals surface area contributed by atoms with Crippen LogP contribution >= 0.6 is 0 Å². The van der Waals surface area contributed by atoms with Gasteiger partial charge < -0.3 is 0 Å². The zero-order chi connectivity index (χ0) is 34.8. The van der Waals surface area contributed by atoms with E-state index in [1.54, 1.807) is 0 Å². The Morgan fingerprint density at radius 3 is 1.98 bits per heavy atom. The number of hydrogen-bond donors (Lipinski definition) is 0. The summed E-state index contributed by atoms with van der Waals surface area (Å²) < 4.78 is 2.77. The van der Waals surface area contributed by atoms with E-state index in [4.69, 9.17) is 10.2 Å². The molecule has 2 aromatic heterocycles. The van der Waals surface area contributed by atoms with Gasteiger partial charge in [-0.1, -0.05) is 12.1 Å². The third-order valence-corrected chi connectivity index (χ3v) is 13.2. The van der Waals surface area contributed by atoms with Crippen molar-refractivity contribution in [2.24, 2.45) is 0 Å². The first kappa shape index (κ1) is 30.9. The third kappa shape index (κ3) is 4.83. The first-order valence-electron chi connectivity index (χ1n) is 17.8. The predicted octanol–water partition coefficient (Wildman–Crippen LogP) is 11.8. The van der Waals surface area contributed by atoms with Gasteiger partial charge >= 0.3 is 298 Å². The molecule has 0 aliphatic heterocycles. The van der Waals surface area contributed by atoms with E-state index in [9.17, 15) is 0 Å². The van der Waals surface area contributed by atoms with E-state index < -0.39 is 0 Å². The quantitative estimate of drug-likeness (QED) is 0.166. The molecular formula is C48H33N3Se. The standard InChI is InChI=1S/C48H33N3Se/c1-29-24-25-39(43(30(29)2)37-22-13-21-36-34-19-10-9-18-33(34)28-40(36)37)46-47(32-16-7-4-8-17-32)49-51-50-48(46)45-35(31-14-5-3-6-15-31)26-27-42-44(45)38-20-11-12-23-41(38)52-42/h3-27H,28H2,1-2H3. The van der Waals surface area contributed by atoms with Crippen LogP contribution in [0.25, 0.3) is 86.3 Å². The van der Waals surface area contributed by atoms with E-state index in [1.807, 2.05) is 0 Å². The van der Waals surface area contributed by atoms with Gasteiger partial charge in [-0.2, -0.15) is 0 Å². The molecule has 7 aromatic carbocycles. The van der Waals surface area contributed by atoms with Crippen LogP contribution in [0.1, 0.15) is 22.3 Å². The van der Waals surface area contributed by atoms with Gasteiger partial charge in [0, 0.05) is 0 Å². The van der Waals surface area contributed by atoms with Gasteiger partial charge in [-0.15, -0.1) is 0 Å². The van der Waals surface area contributed by atoms with E-state index in [2.05, 4.69) is 171 Å². The summed E-state index contributed by atoms with van der Waals surface area (Å²) in [5, 5.41) is 17.1. The SMILES string of the molecule is Cc1ccc(-c2c(-c3ccccc3)nnnc2-c2c(-c3ccccc3)ccc3[se]c4ccccc4c23)c(-c2cccc3c2Cc2ccccc2-3)c1C. The van der Waals surface area contributed by atoms with E-state index in [1.165, 1.54) is 63.8 Å². The van der Waals surface area contributed by atoms with E-state index in [0.29, 0.717) is 0 Å². The van der Waals surface area contributed by atoms with Gasteiger partial charge in [0.25, 0.3) is 0 Å². The zero-order valence-electron chi connectivity index (χ0n) is 28.9. The van der Waals surface area contributed by atoms with E-state index >= 15 is 0 Å². The Morgan fingerprint density at radius 1 is 0.462 bits per heavy atom. The predicted molar refractivity (Wildman–Crippen MR) is 217 cm³/mol. The molecule has 0 atom stereocenters. The summed E-state index contributed by atoms with van der Waals surface area (Å²) in [6, 6.07) is 55.0. The first-order chi connectivity index (χ1) is 25.7. The van der Waals surface area contributed by atoms with Crippen LogP contribution in [0, 0.1) is 13.8 Å². The summed E-state index contributed by atoms with van der Waals surface area (Å²) in [4.78, 5) is 0. The van der Waals surface area contributed by atoms with Gasteiger partial charge in [0.2, 0.25) is 0 Å². The van der Waals surface area contributed by atoms with Crippen molar-refractivity contribution in [2.45, 2.75) is 20.3 Å². The Kier molecular flexibility index (Phi) is 7.35. The van der Waals surface area contributed by atoms with Crippen molar-refractivity contribution in [3.63, 3.8) is 0 Å². The summed E-state index contributed by atoms with van der Waals surface area (Å²) in [7, 11) is 0. The summed E-state index contributed by atoms with van der Waals surface area (Å²) in [5.41, 5.74) is 18.7. The molecule has 0 N–H and O–H groups in total. The number of rotatable bonds is 5. The van der Waals surface area contributed by atoms with Crippen molar-refractivity contribution in [1.29, 1.82) is 0 Å². The molecule has 52 heavy (non-hydrogen) atoms. The molecule has 0 radical (unpaired) electrons. The number of benzene rings is 7. The van der Waals surface area contributed by atoms with Gasteiger partial charge in [-0.05, 0) is 0 Å². The Labute approximate surface area is 309 Å². The topological polar surface area (TPSA) is 38.7 Å². The molecule has 0 spiro atoms.